The summed E-state index contributed by atoms with van der Waals surface area (Å²) in [4.78, 5) is 10.3. The topological polar surface area (TPSA) is 89.3 Å². The van der Waals surface area contributed by atoms with Crippen molar-refractivity contribution >= 4 is 44.6 Å². The Bertz CT molecular complexity index is 804. The Morgan fingerprint density at radius 2 is 1.68 bits per heavy atom. The molecule has 9 heteroatoms. The van der Waals surface area contributed by atoms with Gasteiger partial charge < -0.3 is 0 Å². The van der Waals surface area contributed by atoms with Crippen molar-refractivity contribution in [3.05, 3.63) is 68.2 Å². The fourth-order valence-electron chi connectivity index (χ4n) is 1.84. The standard InChI is InChI=1S/C13H10Cl2N2O4S/c14-10-5-11(15)7-12(6-10)16-22(20,21)8-9-3-1-2-4-13(9)17(18)19/h1-7,16H,8H2. The van der Waals surface area contributed by atoms with Crippen molar-refractivity contribution in [3.63, 3.8) is 0 Å². The molecule has 0 fully saturated rings. The summed E-state index contributed by atoms with van der Waals surface area (Å²) in [5.41, 5.74) is 0.0289. The van der Waals surface area contributed by atoms with Crippen molar-refractivity contribution in [2.45, 2.75) is 5.75 Å². The third-order valence-electron chi connectivity index (χ3n) is 2.67. The van der Waals surface area contributed by atoms with E-state index in [2.05, 4.69) is 4.72 Å². The molecule has 6 nitrogen and oxygen atoms in total. The molecule has 0 bridgehead atoms. The monoisotopic (exact) mass is 360 g/mol. The first kappa shape index (κ1) is 16.5. The highest BCUT2D eigenvalue weighted by Crippen LogP contribution is 2.25. The van der Waals surface area contributed by atoms with Crippen LogP contribution in [0.15, 0.2) is 42.5 Å². The highest BCUT2D eigenvalue weighted by atomic mass is 35.5. The first-order valence-electron chi connectivity index (χ1n) is 5.96. The molecule has 0 aliphatic rings. The van der Waals surface area contributed by atoms with Crippen molar-refractivity contribution in [2.24, 2.45) is 0 Å². The number of hydrogen-bond donors (Lipinski definition) is 1. The van der Waals surface area contributed by atoms with E-state index in [-0.39, 0.29) is 27.0 Å². The van der Waals surface area contributed by atoms with E-state index in [0.29, 0.717) is 0 Å². The minimum atomic E-state index is -3.85. The minimum absolute atomic E-state index is 0.0909. The lowest BCUT2D eigenvalue weighted by Crippen LogP contribution is -2.15. The summed E-state index contributed by atoms with van der Waals surface area (Å²) in [5.74, 6) is -0.533. The van der Waals surface area contributed by atoms with Crippen molar-refractivity contribution < 1.29 is 13.3 Å². The van der Waals surface area contributed by atoms with E-state index in [1.807, 2.05) is 0 Å². The number of hydrogen-bond acceptors (Lipinski definition) is 4. The maximum Gasteiger partial charge on any atom is 0.273 e. The Balaban J connectivity index is 2.27. The molecule has 0 saturated carbocycles. The number of nitrogens with one attached hydrogen (secondary N) is 1. The van der Waals surface area contributed by atoms with E-state index >= 15 is 0 Å². The van der Waals surface area contributed by atoms with Gasteiger partial charge in [0.05, 0.1) is 10.6 Å². The second-order valence-corrected chi connectivity index (χ2v) is 7.00. The van der Waals surface area contributed by atoms with Crippen LogP contribution in [-0.2, 0) is 15.8 Å². The van der Waals surface area contributed by atoms with Gasteiger partial charge in [0.2, 0.25) is 10.0 Å². The molecule has 0 atom stereocenters. The van der Waals surface area contributed by atoms with Crippen LogP contribution in [0.3, 0.4) is 0 Å². The number of halogens is 2. The zero-order chi connectivity index (χ0) is 16.3. The molecule has 22 heavy (non-hydrogen) atoms. The molecule has 0 aliphatic heterocycles. The van der Waals surface area contributed by atoms with Gasteiger partial charge in [0.1, 0.15) is 5.75 Å². The predicted molar refractivity (Wildman–Crippen MR) is 85.8 cm³/mol. The number of anilines is 1. The summed E-state index contributed by atoms with van der Waals surface area (Å²) in [6.45, 7) is 0. The molecular weight excluding hydrogens is 351 g/mol. The lowest BCUT2D eigenvalue weighted by atomic mass is 10.2. The molecule has 2 rings (SSSR count). The third-order valence-corrected chi connectivity index (χ3v) is 4.34. The van der Waals surface area contributed by atoms with Crippen LogP contribution in [0, 0.1) is 10.1 Å². The van der Waals surface area contributed by atoms with Gasteiger partial charge in [0, 0.05) is 21.7 Å². The summed E-state index contributed by atoms with van der Waals surface area (Å²) in [7, 11) is -3.85. The van der Waals surface area contributed by atoms with Gasteiger partial charge >= 0.3 is 0 Å². The van der Waals surface area contributed by atoms with Crippen molar-refractivity contribution in [2.75, 3.05) is 4.72 Å². The van der Waals surface area contributed by atoms with Gasteiger partial charge in [0.25, 0.3) is 5.69 Å². The summed E-state index contributed by atoms with van der Waals surface area (Å²) >= 11 is 11.6. The number of sulfonamides is 1. The Morgan fingerprint density at radius 1 is 1.09 bits per heavy atom. The number of para-hydroxylation sites is 1. The molecular formula is C13H10Cl2N2O4S. The maximum absolute atomic E-state index is 12.1. The van der Waals surface area contributed by atoms with Gasteiger partial charge in [-0.1, -0.05) is 41.4 Å². The first-order chi connectivity index (χ1) is 10.3. The van der Waals surface area contributed by atoms with Gasteiger partial charge in [-0.25, -0.2) is 8.42 Å². The first-order valence-corrected chi connectivity index (χ1v) is 8.36. The molecule has 2 aromatic carbocycles. The van der Waals surface area contributed by atoms with Crippen LogP contribution in [0.25, 0.3) is 0 Å². The van der Waals surface area contributed by atoms with E-state index in [1.165, 1.54) is 42.5 Å². The second-order valence-electron chi connectivity index (χ2n) is 4.41. The van der Waals surface area contributed by atoms with E-state index in [4.69, 9.17) is 23.2 Å². The molecule has 0 aromatic heterocycles. The van der Waals surface area contributed by atoms with E-state index < -0.39 is 20.7 Å². The lowest BCUT2D eigenvalue weighted by molar-refractivity contribution is -0.385. The maximum atomic E-state index is 12.1. The van der Waals surface area contributed by atoms with E-state index in [9.17, 15) is 18.5 Å². The third kappa shape index (κ3) is 4.33. The molecule has 0 spiro atoms. The van der Waals surface area contributed by atoms with Crippen LogP contribution < -0.4 is 4.72 Å². The van der Waals surface area contributed by atoms with Gasteiger partial charge in [-0.15, -0.1) is 0 Å². The average molecular weight is 361 g/mol. The quantitative estimate of drug-likeness (QED) is 0.647. The molecule has 0 unspecified atom stereocenters. The SMILES string of the molecule is O=[N+]([O-])c1ccccc1CS(=O)(=O)Nc1cc(Cl)cc(Cl)c1. The minimum Gasteiger partial charge on any atom is -0.283 e. The predicted octanol–water partition coefficient (Wildman–Crippen LogP) is 3.84. The van der Waals surface area contributed by atoms with Crippen LogP contribution in [0.1, 0.15) is 5.56 Å². The van der Waals surface area contributed by atoms with Gasteiger partial charge in [-0.3, -0.25) is 14.8 Å². The van der Waals surface area contributed by atoms with Crippen molar-refractivity contribution in [1.82, 2.24) is 0 Å². The highest BCUT2D eigenvalue weighted by molar-refractivity contribution is 7.91. The van der Waals surface area contributed by atoms with Crippen molar-refractivity contribution in [3.8, 4) is 0 Å². The normalized spacial score (nSPS) is 11.2. The molecule has 0 radical (unpaired) electrons. The molecule has 1 N–H and O–H groups in total. The summed E-state index contributed by atoms with van der Waals surface area (Å²) < 4.78 is 26.6. The zero-order valence-corrected chi connectivity index (χ0v) is 13.3. The molecule has 2 aromatic rings. The molecule has 0 amide bonds. The molecule has 0 aliphatic carbocycles. The molecule has 116 valence electrons. The lowest BCUT2D eigenvalue weighted by Gasteiger charge is -2.09. The Hall–Kier alpha value is -1.83. The van der Waals surface area contributed by atoms with Crippen LogP contribution >= 0.6 is 23.2 Å². The summed E-state index contributed by atoms with van der Waals surface area (Å²) in [5, 5.41) is 11.5. The van der Waals surface area contributed by atoms with Crippen molar-refractivity contribution in [1.29, 1.82) is 0 Å². The fraction of sp³-hybridized carbons (Fsp3) is 0.0769. The number of nitrogens with zero attached hydrogens (tertiary/aromatic N) is 1. The smallest absolute Gasteiger partial charge is 0.273 e. The van der Waals surface area contributed by atoms with Gasteiger partial charge in [-0.05, 0) is 18.2 Å². The van der Waals surface area contributed by atoms with E-state index in [0.717, 1.165) is 0 Å². The van der Waals surface area contributed by atoms with Gasteiger partial charge in [0.15, 0.2) is 0 Å². The largest absolute Gasteiger partial charge is 0.283 e. The van der Waals surface area contributed by atoms with Crippen LogP contribution in [0.4, 0.5) is 11.4 Å². The van der Waals surface area contributed by atoms with Crippen LogP contribution in [0.2, 0.25) is 10.0 Å². The Morgan fingerprint density at radius 3 is 2.27 bits per heavy atom. The number of rotatable bonds is 5. The second kappa shape index (κ2) is 6.51. The number of nitro groups is 1. The Labute approximate surface area is 136 Å². The van der Waals surface area contributed by atoms with E-state index in [1.54, 1.807) is 0 Å². The number of benzene rings is 2. The Kier molecular flexibility index (Phi) is 4.90. The summed E-state index contributed by atoms with van der Waals surface area (Å²) in [6, 6.07) is 9.90. The molecule has 0 saturated heterocycles. The number of nitro benzene ring substituents is 1. The zero-order valence-electron chi connectivity index (χ0n) is 11.0. The van der Waals surface area contributed by atoms with Crippen LogP contribution in [0.5, 0.6) is 0 Å². The molecule has 0 heterocycles. The van der Waals surface area contributed by atoms with Gasteiger partial charge in [-0.2, -0.15) is 0 Å². The average Bonchev–Trinajstić information content (AvgIpc) is 2.36. The fourth-order valence-corrected chi connectivity index (χ4v) is 3.57. The summed E-state index contributed by atoms with van der Waals surface area (Å²) in [6.07, 6.45) is 0. The highest BCUT2D eigenvalue weighted by Gasteiger charge is 2.20. The van der Waals surface area contributed by atoms with Crippen LogP contribution in [-0.4, -0.2) is 13.3 Å².